The smallest absolute Gasteiger partial charge is 0.410 e. The van der Waals surface area contributed by atoms with E-state index in [0.717, 1.165) is 19.0 Å². The molecule has 0 aromatic carbocycles. The normalized spacial score (nSPS) is 18.8. The summed E-state index contributed by atoms with van der Waals surface area (Å²) >= 11 is 2.03. The van der Waals surface area contributed by atoms with Gasteiger partial charge in [0.15, 0.2) is 0 Å². The molecule has 1 aliphatic rings. The van der Waals surface area contributed by atoms with Gasteiger partial charge >= 0.3 is 6.09 Å². The molecule has 0 saturated carbocycles. The SMILES string of the molecule is COCCN(CCNCC1CCSC1)C(=O)OC(C)(C)C. The van der Waals surface area contributed by atoms with Crippen molar-refractivity contribution in [2.45, 2.75) is 32.8 Å². The highest BCUT2D eigenvalue weighted by Crippen LogP contribution is 2.22. The van der Waals surface area contributed by atoms with Gasteiger partial charge in [-0.15, -0.1) is 0 Å². The second kappa shape index (κ2) is 9.54. The van der Waals surface area contributed by atoms with Crippen LogP contribution in [0, 0.1) is 5.92 Å². The van der Waals surface area contributed by atoms with E-state index in [9.17, 15) is 4.79 Å². The highest BCUT2D eigenvalue weighted by molar-refractivity contribution is 7.99. The van der Waals surface area contributed by atoms with Crippen LogP contribution in [0.2, 0.25) is 0 Å². The van der Waals surface area contributed by atoms with Crippen molar-refractivity contribution in [1.82, 2.24) is 10.2 Å². The lowest BCUT2D eigenvalue weighted by Crippen LogP contribution is -2.42. The molecule has 5 nitrogen and oxygen atoms in total. The Morgan fingerprint density at radius 2 is 2.14 bits per heavy atom. The Balaban J connectivity index is 2.29. The van der Waals surface area contributed by atoms with Gasteiger partial charge in [0, 0.05) is 26.7 Å². The first-order valence-electron chi connectivity index (χ1n) is 7.67. The number of rotatable bonds is 8. The zero-order chi connectivity index (χ0) is 15.7. The van der Waals surface area contributed by atoms with Crippen LogP contribution in [0.5, 0.6) is 0 Å². The van der Waals surface area contributed by atoms with Gasteiger partial charge in [0.05, 0.1) is 6.61 Å². The topological polar surface area (TPSA) is 50.8 Å². The molecule has 0 aliphatic carbocycles. The summed E-state index contributed by atoms with van der Waals surface area (Å²) < 4.78 is 10.5. The summed E-state index contributed by atoms with van der Waals surface area (Å²) in [5.74, 6) is 3.32. The van der Waals surface area contributed by atoms with Crippen molar-refractivity contribution >= 4 is 17.9 Å². The zero-order valence-corrected chi connectivity index (χ0v) is 14.6. The van der Waals surface area contributed by atoms with Crippen molar-refractivity contribution in [3.63, 3.8) is 0 Å². The van der Waals surface area contributed by atoms with E-state index in [1.807, 2.05) is 32.5 Å². The summed E-state index contributed by atoms with van der Waals surface area (Å²) in [7, 11) is 1.64. The Hall–Kier alpha value is -0.460. The Kier molecular flexibility index (Phi) is 8.44. The van der Waals surface area contributed by atoms with E-state index >= 15 is 0 Å². The number of carbonyl (C=O) groups is 1. The summed E-state index contributed by atoms with van der Waals surface area (Å²) in [4.78, 5) is 13.8. The Labute approximate surface area is 133 Å². The number of nitrogens with zero attached hydrogens (tertiary/aromatic N) is 1. The van der Waals surface area contributed by atoms with Gasteiger partial charge in [-0.1, -0.05) is 0 Å². The monoisotopic (exact) mass is 318 g/mol. The zero-order valence-electron chi connectivity index (χ0n) is 13.8. The third-order valence-electron chi connectivity index (χ3n) is 3.23. The largest absolute Gasteiger partial charge is 0.444 e. The fraction of sp³-hybridized carbons (Fsp3) is 0.933. The van der Waals surface area contributed by atoms with Crippen molar-refractivity contribution in [2.24, 2.45) is 5.92 Å². The molecule has 1 rings (SSSR count). The summed E-state index contributed by atoms with van der Waals surface area (Å²) in [6, 6.07) is 0. The fourth-order valence-corrected chi connectivity index (χ4v) is 3.37. The minimum atomic E-state index is -0.461. The average Bonchev–Trinajstić information content (AvgIpc) is 2.88. The molecule has 1 heterocycles. The van der Waals surface area contributed by atoms with Crippen molar-refractivity contribution in [1.29, 1.82) is 0 Å². The van der Waals surface area contributed by atoms with Gasteiger partial charge in [-0.2, -0.15) is 11.8 Å². The molecule has 1 aliphatic heterocycles. The van der Waals surface area contributed by atoms with Crippen LogP contribution in [0.3, 0.4) is 0 Å². The van der Waals surface area contributed by atoms with E-state index in [-0.39, 0.29) is 6.09 Å². The molecule has 1 fully saturated rings. The Bertz CT molecular complexity index is 302. The molecule has 0 aromatic heterocycles. The lowest BCUT2D eigenvalue weighted by molar-refractivity contribution is 0.0204. The summed E-state index contributed by atoms with van der Waals surface area (Å²) in [5.41, 5.74) is -0.461. The number of hydrogen-bond donors (Lipinski definition) is 1. The lowest BCUT2D eigenvalue weighted by Gasteiger charge is -2.27. The van der Waals surface area contributed by atoms with E-state index in [2.05, 4.69) is 5.32 Å². The first-order valence-corrected chi connectivity index (χ1v) is 8.83. The summed E-state index contributed by atoms with van der Waals surface area (Å²) in [6.07, 6.45) is 1.04. The van der Waals surface area contributed by atoms with Crippen LogP contribution in [0.25, 0.3) is 0 Å². The quantitative estimate of drug-likeness (QED) is 0.696. The molecule has 1 unspecified atom stereocenters. The maximum atomic E-state index is 12.1. The second-order valence-corrected chi connectivity index (χ2v) is 7.54. The predicted molar refractivity (Wildman–Crippen MR) is 88.0 cm³/mol. The molecular formula is C15H30N2O3S. The van der Waals surface area contributed by atoms with Crippen molar-refractivity contribution < 1.29 is 14.3 Å². The molecule has 6 heteroatoms. The van der Waals surface area contributed by atoms with Gasteiger partial charge in [-0.3, -0.25) is 0 Å². The van der Waals surface area contributed by atoms with Gasteiger partial charge in [-0.25, -0.2) is 4.79 Å². The Morgan fingerprint density at radius 1 is 1.38 bits per heavy atom. The number of amides is 1. The average molecular weight is 318 g/mol. The maximum absolute atomic E-state index is 12.1. The standard InChI is InChI=1S/C15H30N2O3S/c1-15(2,3)20-14(18)17(8-9-19-4)7-6-16-11-13-5-10-21-12-13/h13,16H,5-12H2,1-4H3. The molecule has 21 heavy (non-hydrogen) atoms. The van der Waals surface area contributed by atoms with Gasteiger partial charge < -0.3 is 19.7 Å². The highest BCUT2D eigenvalue weighted by Gasteiger charge is 2.22. The number of carbonyl (C=O) groups excluding carboxylic acids is 1. The molecular weight excluding hydrogens is 288 g/mol. The van der Waals surface area contributed by atoms with Crippen molar-refractivity contribution in [2.75, 3.05) is 51.4 Å². The van der Waals surface area contributed by atoms with Crippen LogP contribution in [0.1, 0.15) is 27.2 Å². The van der Waals surface area contributed by atoms with E-state index < -0.39 is 5.60 Å². The number of hydrogen-bond acceptors (Lipinski definition) is 5. The molecule has 0 spiro atoms. The minimum Gasteiger partial charge on any atom is -0.444 e. The third kappa shape index (κ3) is 8.53. The first kappa shape index (κ1) is 18.6. The summed E-state index contributed by atoms with van der Waals surface area (Å²) in [6.45, 7) is 9.23. The molecule has 1 amide bonds. The van der Waals surface area contributed by atoms with Crippen molar-refractivity contribution in [3.05, 3.63) is 0 Å². The van der Waals surface area contributed by atoms with E-state index in [1.54, 1.807) is 12.0 Å². The van der Waals surface area contributed by atoms with Gasteiger partial charge in [0.1, 0.15) is 5.60 Å². The highest BCUT2D eigenvalue weighted by atomic mass is 32.2. The lowest BCUT2D eigenvalue weighted by atomic mass is 10.1. The van der Waals surface area contributed by atoms with E-state index in [0.29, 0.717) is 19.7 Å². The van der Waals surface area contributed by atoms with Gasteiger partial charge in [0.2, 0.25) is 0 Å². The van der Waals surface area contributed by atoms with Crippen molar-refractivity contribution in [3.8, 4) is 0 Å². The van der Waals surface area contributed by atoms with Crippen LogP contribution in [0.15, 0.2) is 0 Å². The van der Waals surface area contributed by atoms with Crippen LogP contribution in [0.4, 0.5) is 4.79 Å². The number of nitrogens with one attached hydrogen (secondary N) is 1. The van der Waals surface area contributed by atoms with Crippen LogP contribution < -0.4 is 5.32 Å². The maximum Gasteiger partial charge on any atom is 0.410 e. The van der Waals surface area contributed by atoms with Crippen LogP contribution in [-0.2, 0) is 9.47 Å². The molecule has 0 aromatic rings. The predicted octanol–water partition coefficient (Wildman–Crippen LogP) is 2.21. The molecule has 1 saturated heterocycles. The molecule has 1 N–H and O–H groups in total. The first-order chi connectivity index (χ1) is 9.92. The number of thioether (sulfide) groups is 1. The molecule has 1 atom stereocenters. The van der Waals surface area contributed by atoms with Crippen LogP contribution in [-0.4, -0.2) is 68.0 Å². The minimum absolute atomic E-state index is 0.266. The van der Waals surface area contributed by atoms with Gasteiger partial charge in [0.25, 0.3) is 0 Å². The Morgan fingerprint density at radius 3 is 2.71 bits per heavy atom. The van der Waals surface area contributed by atoms with E-state index in [4.69, 9.17) is 9.47 Å². The molecule has 0 bridgehead atoms. The number of ether oxygens (including phenoxy) is 2. The third-order valence-corrected chi connectivity index (χ3v) is 4.46. The van der Waals surface area contributed by atoms with E-state index in [1.165, 1.54) is 17.9 Å². The summed E-state index contributed by atoms with van der Waals surface area (Å²) in [5, 5.41) is 3.45. The molecule has 124 valence electrons. The fourth-order valence-electron chi connectivity index (χ4n) is 2.09. The van der Waals surface area contributed by atoms with Crippen LogP contribution >= 0.6 is 11.8 Å². The second-order valence-electron chi connectivity index (χ2n) is 6.39. The van der Waals surface area contributed by atoms with Gasteiger partial charge in [-0.05, 0) is 51.2 Å². The molecule has 0 radical (unpaired) electrons. The number of methoxy groups -OCH3 is 1.